The number of likely N-dealkylation sites (tertiary alicyclic amines) is 1. The Bertz CT molecular complexity index is 1070. The van der Waals surface area contributed by atoms with Gasteiger partial charge in [0.15, 0.2) is 0 Å². The lowest BCUT2D eigenvalue weighted by Gasteiger charge is -2.16. The predicted molar refractivity (Wildman–Crippen MR) is 107 cm³/mol. The molecule has 1 amide bonds. The van der Waals surface area contributed by atoms with E-state index in [0.29, 0.717) is 41.9 Å². The Hall–Kier alpha value is -3.13. The van der Waals surface area contributed by atoms with Crippen LogP contribution in [0.25, 0.3) is 11.4 Å². The largest absolute Gasteiger partial charge is 0.497 e. The Balaban J connectivity index is 1.50. The minimum absolute atomic E-state index is 0.0333. The van der Waals surface area contributed by atoms with Gasteiger partial charge in [-0.05, 0) is 29.8 Å². The highest BCUT2D eigenvalue weighted by Crippen LogP contribution is 2.32. The van der Waals surface area contributed by atoms with Crippen LogP contribution in [-0.2, 0) is 11.3 Å². The molecule has 1 fully saturated rings. The molecular formula is C21H19ClFN3O4. The van der Waals surface area contributed by atoms with Gasteiger partial charge in [0.05, 0.1) is 25.2 Å². The van der Waals surface area contributed by atoms with Crippen LogP contribution in [0.15, 0.2) is 40.9 Å². The van der Waals surface area contributed by atoms with Gasteiger partial charge in [-0.25, -0.2) is 4.39 Å². The fourth-order valence-corrected chi connectivity index (χ4v) is 3.61. The van der Waals surface area contributed by atoms with Gasteiger partial charge in [0, 0.05) is 31.1 Å². The summed E-state index contributed by atoms with van der Waals surface area (Å²) >= 11 is 5.83. The monoisotopic (exact) mass is 431 g/mol. The van der Waals surface area contributed by atoms with Gasteiger partial charge in [0.25, 0.3) is 0 Å². The first-order valence-electron chi connectivity index (χ1n) is 9.25. The molecule has 0 N–H and O–H groups in total. The van der Waals surface area contributed by atoms with Crippen LogP contribution in [0.4, 0.5) is 4.39 Å². The van der Waals surface area contributed by atoms with Crippen LogP contribution in [0.3, 0.4) is 0 Å². The van der Waals surface area contributed by atoms with Gasteiger partial charge in [-0.3, -0.25) is 4.79 Å². The second-order valence-electron chi connectivity index (χ2n) is 6.98. The number of carbonyl (C=O) groups is 1. The van der Waals surface area contributed by atoms with Crippen molar-refractivity contribution in [3.05, 3.63) is 58.7 Å². The number of carbonyl (C=O) groups excluding carboxylic acids is 1. The van der Waals surface area contributed by atoms with Gasteiger partial charge in [-0.15, -0.1) is 0 Å². The minimum atomic E-state index is -0.487. The number of hydrogen-bond acceptors (Lipinski definition) is 6. The molecule has 0 spiro atoms. The minimum Gasteiger partial charge on any atom is -0.497 e. The van der Waals surface area contributed by atoms with E-state index in [4.69, 9.17) is 25.6 Å². The number of benzene rings is 2. The lowest BCUT2D eigenvalue weighted by atomic mass is 10.1. The summed E-state index contributed by atoms with van der Waals surface area (Å²) < 4.78 is 29.3. The molecule has 1 aromatic heterocycles. The van der Waals surface area contributed by atoms with E-state index in [0.717, 1.165) is 5.56 Å². The SMILES string of the molecule is COc1cc(OC)cc(-c2noc(C3CC(=O)N(Cc4ccc(F)c(Cl)c4)C3)n2)c1. The summed E-state index contributed by atoms with van der Waals surface area (Å²) in [5.74, 6) is 1.24. The van der Waals surface area contributed by atoms with E-state index in [1.807, 2.05) is 0 Å². The summed E-state index contributed by atoms with van der Waals surface area (Å²) in [5.41, 5.74) is 1.44. The number of methoxy groups -OCH3 is 2. The van der Waals surface area contributed by atoms with Crippen LogP contribution in [0, 0.1) is 5.82 Å². The van der Waals surface area contributed by atoms with E-state index in [-0.39, 0.29) is 23.3 Å². The molecule has 1 aliphatic heterocycles. The third-order valence-corrected chi connectivity index (χ3v) is 5.26. The molecule has 0 radical (unpaired) electrons. The summed E-state index contributed by atoms with van der Waals surface area (Å²) in [6.07, 6.45) is 0.262. The average Bonchev–Trinajstić information content (AvgIpc) is 3.37. The topological polar surface area (TPSA) is 77.7 Å². The van der Waals surface area contributed by atoms with Crippen molar-refractivity contribution in [3.63, 3.8) is 0 Å². The van der Waals surface area contributed by atoms with Crippen LogP contribution < -0.4 is 9.47 Å². The maximum Gasteiger partial charge on any atom is 0.232 e. The van der Waals surface area contributed by atoms with Gasteiger partial charge in [0.2, 0.25) is 17.6 Å². The molecule has 30 heavy (non-hydrogen) atoms. The first kappa shape index (κ1) is 20.2. The molecule has 2 aromatic carbocycles. The number of ether oxygens (including phenoxy) is 2. The second kappa shape index (κ2) is 8.31. The smallest absolute Gasteiger partial charge is 0.232 e. The van der Waals surface area contributed by atoms with Crippen molar-refractivity contribution in [2.45, 2.75) is 18.9 Å². The van der Waals surface area contributed by atoms with E-state index in [1.54, 1.807) is 43.4 Å². The van der Waals surface area contributed by atoms with Crippen molar-refractivity contribution >= 4 is 17.5 Å². The molecular weight excluding hydrogens is 413 g/mol. The standard InChI is InChI=1S/C21H19ClFN3O4/c1-28-15-6-13(7-16(9-15)29-2)20-24-21(30-25-20)14-8-19(27)26(11-14)10-12-3-4-18(23)17(22)5-12/h3-7,9,14H,8,10-11H2,1-2H3. The highest BCUT2D eigenvalue weighted by molar-refractivity contribution is 6.30. The first-order chi connectivity index (χ1) is 14.5. The molecule has 3 aromatic rings. The number of nitrogens with zero attached hydrogens (tertiary/aromatic N) is 3. The fourth-order valence-electron chi connectivity index (χ4n) is 3.40. The normalized spacial score (nSPS) is 16.2. The summed E-state index contributed by atoms with van der Waals surface area (Å²) in [6.45, 7) is 0.764. The van der Waals surface area contributed by atoms with Gasteiger partial charge < -0.3 is 18.9 Å². The van der Waals surface area contributed by atoms with Crippen LogP contribution in [-0.4, -0.2) is 41.7 Å². The Labute approximate surface area is 177 Å². The highest BCUT2D eigenvalue weighted by atomic mass is 35.5. The van der Waals surface area contributed by atoms with Gasteiger partial charge in [0.1, 0.15) is 17.3 Å². The molecule has 9 heteroatoms. The Morgan fingerprint density at radius 1 is 1.20 bits per heavy atom. The van der Waals surface area contributed by atoms with E-state index in [9.17, 15) is 9.18 Å². The molecule has 1 saturated heterocycles. The van der Waals surface area contributed by atoms with Crippen molar-refractivity contribution in [2.24, 2.45) is 0 Å². The van der Waals surface area contributed by atoms with Crippen molar-refractivity contribution in [2.75, 3.05) is 20.8 Å². The molecule has 1 aliphatic rings. The molecule has 1 unspecified atom stereocenters. The van der Waals surface area contributed by atoms with E-state index in [1.165, 1.54) is 12.1 Å². The fraction of sp³-hybridized carbons (Fsp3) is 0.286. The van der Waals surface area contributed by atoms with Gasteiger partial charge in [-0.1, -0.05) is 22.8 Å². The van der Waals surface area contributed by atoms with E-state index >= 15 is 0 Å². The zero-order chi connectivity index (χ0) is 21.3. The summed E-state index contributed by atoms with van der Waals surface area (Å²) in [7, 11) is 3.13. The van der Waals surface area contributed by atoms with Crippen molar-refractivity contribution < 1.29 is 23.2 Å². The molecule has 2 heterocycles. The molecule has 0 saturated carbocycles. The van der Waals surface area contributed by atoms with Crippen LogP contribution >= 0.6 is 11.6 Å². The van der Waals surface area contributed by atoms with Crippen LogP contribution in [0.5, 0.6) is 11.5 Å². The third kappa shape index (κ3) is 4.09. The first-order valence-corrected chi connectivity index (χ1v) is 9.63. The number of halogens is 2. The number of hydrogen-bond donors (Lipinski definition) is 0. The van der Waals surface area contributed by atoms with Crippen molar-refractivity contribution in [1.29, 1.82) is 0 Å². The molecule has 0 aliphatic carbocycles. The van der Waals surface area contributed by atoms with Crippen LogP contribution in [0.2, 0.25) is 5.02 Å². The van der Waals surface area contributed by atoms with Gasteiger partial charge in [-0.2, -0.15) is 4.98 Å². The Kier molecular flexibility index (Phi) is 5.59. The summed E-state index contributed by atoms with van der Waals surface area (Å²) in [4.78, 5) is 18.6. The lowest BCUT2D eigenvalue weighted by molar-refractivity contribution is -0.128. The number of rotatable bonds is 6. The van der Waals surface area contributed by atoms with Crippen molar-refractivity contribution in [3.8, 4) is 22.9 Å². The maximum atomic E-state index is 13.4. The lowest BCUT2D eigenvalue weighted by Crippen LogP contribution is -2.24. The zero-order valence-corrected chi connectivity index (χ0v) is 17.1. The maximum absolute atomic E-state index is 13.4. The van der Waals surface area contributed by atoms with Crippen LogP contribution in [0.1, 0.15) is 23.8 Å². The molecule has 156 valence electrons. The average molecular weight is 432 g/mol. The number of amides is 1. The molecule has 4 rings (SSSR count). The van der Waals surface area contributed by atoms with E-state index < -0.39 is 5.82 Å². The Morgan fingerprint density at radius 2 is 1.93 bits per heavy atom. The van der Waals surface area contributed by atoms with Crippen molar-refractivity contribution in [1.82, 2.24) is 15.0 Å². The second-order valence-corrected chi connectivity index (χ2v) is 7.39. The Morgan fingerprint density at radius 3 is 2.60 bits per heavy atom. The molecule has 7 nitrogen and oxygen atoms in total. The number of aromatic nitrogens is 2. The summed E-state index contributed by atoms with van der Waals surface area (Å²) in [6, 6.07) is 9.74. The highest BCUT2D eigenvalue weighted by Gasteiger charge is 2.34. The third-order valence-electron chi connectivity index (χ3n) is 4.97. The molecule has 1 atom stereocenters. The zero-order valence-electron chi connectivity index (χ0n) is 16.4. The quantitative estimate of drug-likeness (QED) is 0.585. The van der Waals surface area contributed by atoms with Gasteiger partial charge >= 0.3 is 0 Å². The molecule has 0 bridgehead atoms. The van der Waals surface area contributed by atoms with E-state index in [2.05, 4.69) is 10.1 Å². The summed E-state index contributed by atoms with van der Waals surface area (Å²) in [5, 5.41) is 4.08. The predicted octanol–water partition coefficient (Wildman–Crippen LogP) is 4.06.